The van der Waals surface area contributed by atoms with Gasteiger partial charge in [0, 0.05) is 11.1 Å². The summed E-state index contributed by atoms with van der Waals surface area (Å²) in [6, 6.07) is 15.2. The third kappa shape index (κ3) is 2.75. The number of aliphatic hydroxyl groups excluding tert-OH is 1. The molecular formula is C17H13NO4. The Labute approximate surface area is 125 Å². The summed E-state index contributed by atoms with van der Waals surface area (Å²) in [6.45, 7) is -0.0670. The van der Waals surface area contributed by atoms with Crippen LogP contribution in [0.15, 0.2) is 63.8 Å². The quantitative estimate of drug-likeness (QED) is 0.728. The van der Waals surface area contributed by atoms with Crippen LogP contribution in [0.2, 0.25) is 0 Å². The van der Waals surface area contributed by atoms with Crippen LogP contribution >= 0.6 is 0 Å². The number of amides is 1. The van der Waals surface area contributed by atoms with Crippen LogP contribution in [0.4, 0.5) is 5.69 Å². The molecule has 110 valence electrons. The number of rotatable bonds is 3. The van der Waals surface area contributed by atoms with Gasteiger partial charge in [0.1, 0.15) is 11.1 Å². The van der Waals surface area contributed by atoms with Crippen molar-refractivity contribution in [3.8, 4) is 0 Å². The lowest BCUT2D eigenvalue weighted by Gasteiger charge is -2.06. The van der Waals surface area contributed by atoms with Gasteiger partial charge in [-0.05, 0) is 29.8 Å². The maximum atomic E-state index is 12.2. The molecule has 3 rings (SSSR count). The molecule has 0 saturated carbocycles. The number of nitrogens with one attached hydrogen (secondary N) is 1. The summed E-state index contributed by atoms with van der Waals surface area (Å²) in [5.41, 5.74) is 0.988. The second-order valence-corrected chi connectivity index (χ2v) is 4.79. The van der Waals surface area contributed by atoms with Crippen molar-refractivity contribution in [2.24, 2.45) is 0 Å². The summed E-state index contributed by atoms with van der Waals surface area (Å²) in [7, 11) is 0. The molecule has 0 unspecified atom stereocenters. The standard InChI is InChI=1S/C17H13NO4/c19-10-11-5-7-13(8-6-11)18-16(20)14-9-12-3-1-2-4-15(12)22-17(14)21/h1-9,19H,10H2,(H,18,20). The summed E-state index contributed by atoms with van der Waals surface area (Å²) in [4.78, 5) is 24.1. The van der Waals surface area contributed by atoms with E-state index in [4.69, 9.17) is 9.52 Å². The van der Waals surface area contributed by atoms with Crippen LogP contribution in [0.25, 0.3) is 11.0 Å². The number of para-hydroxylation sites is 1. The fourth-order valence-corrected chi connectivity index (χ4v) is 2.11. The Morgan fingerprint density at radius 3 is 2.55 bits per heavy atom. The Bertz CT molecular complexity index is 881. The van der Waals surface area contributed by atoms with E-state index in [0.29, 0.717) is 16.7 Å². The number of carbonyl (C=O) groups is 1. The van der Waals surface area contributed by atoms with Gasteiger partial charge in [0.05, 0.1) is 6.61 Å². The number of carbonyl (C=O) groups excluding carboxylic acids is 1. The lowest BCUT2D eigenvalue weighted by Crippen LogP contribution is -2.20. The number of fused-ring (bicyclic) bond motifs is 1. The van der Waals surface area contributed by atoms with E-state index in [0.717, 1.165) is 5.56 Å². The maximum Gasteiger partial charge on any atom is 0.349 e. The Morgan fingerprint density at radius 2 is 1.82 bits per heavy atom. The van der Waals surface area contributed by atoms with Gasteiger partial charge in [-0.3, -0.25) is 4.79 Å². The molecule has 0 atom stereocenters. The highest BCUT2D eigenvalue weighted by Crippen LogP contribution is 2.14. The van der Waals surface area contributed by atoms with Gasteiger partial charge in [-0.1, -0.05) is 30.3 Å². The van der Waals surface area contributed by atoms with Crippen molar-refractivity contribution in [2.45, 2.75) is 6.61 Å². The molecule has 2 N–H and O–H groups in total. The first-order valence-electron chi connectivity index (χ1n) is 6.71. The van der Waals surface area contributed by atoms with Gasteiger partial charge in [-0.15, -0.1) is 0 Å². The molecule has 0 aliphatic rings. The van der Waals surface area contributed by atoms with Crippen molar-refractivity contribution in [2.75, 3.05) is 5.32 Å². The zero-order valence-corrected chi connectivity index (χ0v) is 11.6. The van der Waals surface area contributed by atoms with Crippen LogP contribution in [0, 0.1) is 0 Å². The maximum absolute atomic E-state index is 12.2. The summed E-state index contributed by atoms with van der Waals surface area (Å²) in [6.07, 6.45) is 0. The number of benzene rings is 2. The largest absolute Gasteiger partial charge is 0.422 e. The molecule has 0 aliphatic heterocycles. The van der Waals surface area contributed by atoms with E-state index in [2.05, 4.69) is 5.32 Å². The predicted octanol–water partition coefficient (Wildman–Crippen LogP) is 2.54. The molecule has 0 aliphatic carbocycles. The molecule has 0 spiro atoms. The van der Waals surface area contributed by atoms with E-state index in [-0.39, 0.29) is 12.2 Å². The molecular weight excluding hydrogens is 282 g/mol. The second-order valence-electron chi connectivity index (χ2n) is 4.79. The minimum absolute atomic E-state index is 0.0510. The van der Waals surface area contributed by atoms with Crippen LogP contribution in [0.5, 0.6) is 0 Å². The third-order valence-electron chi connectivity index (χ3n) is 3.28. The summed E-state index contributed by atoms with van der Waals surface area (Å²) >= 11 is 0. The molecule has 0 radical (unpaired) electrons. The molecule has 5 heteroatoms. The van der Waals surface area contributed by atoms with Gasteiger partial charge >= 0.3 is 5.63 Å². The highest BCUT2D eigenvalue weighted by atomic mass is 16.4. The highest BCUT2D eigenvalue weighted by molar-refractivity contribution is 6.05. The van der Waals surface area contributed by atoms with E-state index in [1.165, 1.54) is 6.07 Å². The number of anilines is 1. The van der Waals surface area contributed by atoms with E-state index < -0.39 is 11.5 Å². The lowest BCUT2D eigenvalue weighted by atomic mass is 10.1. The zero-order valence-electron chi connectivity index (χ0n) is 11.6. The average molecular weight is 295 g/mol. The molecule has 1 amide bonds. The van der Waals surface area contributed by atoms with Crippen LogP contribution < -0.4 is 10.9 Å². The molecule has 0 fully saturated rings. The zero-order chi connectivity index (χ0) is 15.5. The first kappa shape index (κ1) is 14.0. The predicted molar refractivity (Wildman–Crippen MR) is 82.8 cm³/mol. The molecule has 2 aromatic carbocycles. The fraction of sp³-hybridized carbons (Fsp3) is 0.0588. The number of hydrogen-bond donors (Lipinski definition) is 2. The van der Waals surface area contributed by atoms with Crippen LogP contribution in [0.1, 0.15) is 15.9 Å². The topological polar surface area (TPSA) is 79.5 Å². The lowest BCUT2D eigenvalue weighted by molar-refractivity contribution is 0.102. The SMILES string of the molecule is O=C(Nc1ccc(CO)cc1)c1cc2ccccc2oc1=O. The molecule has 3 aromatic rings. The molecule has 0 saturated heterocycles. The summed E-state index contributed by atoms with van der Waals surface area (Å²) < 4.78 is 5.14. The number of hydrogen-bond acceptors (Lipinski definition) is 4. The van der Waals surface area contributed by atoms with E-state index in [9.17, 15) is 9.59 Å². The van der Waals surface area contributed by atoms with Crippen molar-refractivity contribution in [3.63, 3.8) is 0 Å². The summed E-state index contributed by atoms with van der Waals surface area (Å²) in [5, 5.41) is 12.3. The van der Waals surface area contributed by atoms with Gasteiger partial charge in [0.2, 0.25) is 0 Å². The Morgan fingerprint density at radius 1 is 1.09 bits per heavy atom. The van der Waals surface area contributed by atoms with E-state index in [1.807, 2.05) is 0 Å². The minimum Gasteiger partial charge on any atom is -0.422 e. The first-order valence-corrected chi connectivity index (χ1v) is 6.71. The van der Waals surface area contributed by atoms with Gasteiger partial charge in [-0.2, -0.15) is 0 Å². The van der Waals surface area contributed by atoms with Crippen molar-refractivity contribution in [1.29, 1.82) is 0 Å². The molecule has 5 nitrogen and oxygen atoms in total. The molecule has 22 heavy (non-hydrogen) atoms. The van der Waals surface area contributed by atoms with Crippen molar-refractivity contribution < 1.29 is 14.3 Å². The smallest absolute Gasteiger partial charge is 0.349 e. The Hall–Kier alpha value is -2.92. The van der Waals surface area contributed by atoms with Crippen LogP contribution in [-0.4, -0.2) is 11.0 Å². The first-order chi connectivity index (χ1) is 10.7. The van der Waals surface area contributed by atoms with E-state index in [1.54, 1.807) is 48.5 Å². The second kappa shape index (κ2) is 5.83. The van der Waals surface area contributed by atoms with Gasteiger partial charge < -0.3 is 14.8 Å². The fourth-order valence-electron chi connectivity index (χ4n) is 2.11. The van der Waals surface area contributed by atoms with Gasteiger partial charge in [0.15, 0.2) is 0 Å². The van der Waals surface area contributed by atoms with Crippen molar-refractivity contribution in [1.82, 2.24) is 0 Å². The van der Waals surface area contributed by atoms with Crippen molar-refractivity contribution >= 4 is 22.6 Å². The monoisotopic (exact) mass is 295 g/mol. The highest BCUT2D eigenvalue weighted by Gasteiger charge is 2.13. The normalized spacial score (nSPS) is 10.6. The van der Waals surface area contributed by atoms with Gasteiger partial charge in [-0.25, -0.2) is 4.79 Å². The summed E-state index contributed by atoms with van der Waals surface area (Å²) in [5.74, 6) is -0.531. The average Bonchev–Trinajstić information content (AvgIpc) is 2.54. The molecule has 0 bridgehead atoms. The van der Waals surface area contributed by atoms with E-state index >= 15 is 0 Å². The Kier molecular flexibility index (Phi) is 3.72. The number of aliphatic hydroxyl groups is 1. The molecule has 1 heterocycles. The molecule has 1 aromatic heterocycles. The van der Waals surface area contributed by atoms with Gasteiger partial charge in [0.25, 0.3) is 5.91 Å². The minimum atomic E-state index is -0.678. The van der Waals surface area contributed by atoms with Crippen LogP contribution in [-0.2, 0) is 6.61 Å². The van der Waals surface area contributed by atoms with Crippen LogP contribution in [0.3, 0.4) is 0 Å². The Balaban J connectivity index is 1.91. The van der Waals surface area contributed by atoms with Crippen molar-refractivity contribution in [3.05, 3.63) is 76.1 Å². The third-order valence-corrected chi connectivity index (χ3v) is 3.28.